The molecule has 78 valence electrons. The van der Waals surface area contributed by atoms with Crippen LogP contribution in [0.25, 0.3) is 0 Å². The number of halogens is 1. The lowest BCUT2D eigenvalue weighted by molar-refractivity contribution is 0.0587. The number of nitrogens with zero attached hydrogens (tertiary/aromatic N) is 1. The Balaban J connectivity index is 2.96. The SMILES string of the molecule is COC(=O)c1cc(I)cn1CC(C)C. The van der Waals surface area contributed by atoms with Crippen molar-refractivity contribution in [1.29, 1.82) is 0 Å². The summed E-state index contributed by atoms with van der Waals surface area (Å²) in [5, 5.41) is 0. The number of rotatable bonds is 3. The smallest absolute Gasteiger partial charge is 0.354 e. The second-order valence-corrected chi connectivity index (χ2v) is 4.83. The highest BCUT2D eigenvalue weighted by molar-refractivity contribution is 14.1. The Morgan fingerprint density at radius 2 is 2.29 bits per heavy atom. The first-order valence-corrected chi connectivity index (χ1v) is 5.56. The first-order chi connectivity index (χ1) is 6.54. The molecule has 1 heterocycles. The lowest BCUT2D eigenvalue weighted by atomic mass is 10.2. The molecule has 0 N–H and O–H groups in total. The van der Waals surface area contributed by atoms with Crippen LogP contribution in [0.2, 0.25) is 0 Å². The van der Waals surface area contributed by atoms with E-state index in [2.05, 4.69) is 36.4 Å². The van der Waals surface area contributed by atoms with Gasteiger partial charge in [-0.1, -0.05) is 13.8 Å². The summed E-state index contributed by atoms with van der Waals surface area (Å²) in [5.41, 5.74) is 0.630. The number of aromatic nitrogens is 1. The van der Waals surface area contributed by atoms with E-state index in [-0.39, 0.29) is 5.97 Å². The minimum Gasteiger partial charge on any atom is -0.464 e. The van der Waals surface area contributed by atoms with Crippen LogP contribution in [0.3, 0.4) is 0 Å². The number of methoxy groups -OCH3 is 1. The normalized spacial score (nSPS) is 10.6. The van der Waals surface area contributed by atoms with Crippen molar-refractivity contribution in [1.82, 2.24) is 4.57 Å². The van der Waals surface area contributed by atoms with E-state index in [9.17, 15) is 4.79 Å². The van der Waals surface area contributed by atoms with Crippen molar-refractivity contribution >= 4 is 28.6 Å². The molecular formula is C10H14INO2. The lowest BCUT2D eigenvalue weighted by Crippen LogP contribution is -2.12. The van der Waals surface area contributed by atoms with Crippen LogP contribution in [0.1, 0.15) is 24.3 Å². The van der Waals surface area contributed by atoms with Gasteiger partial charge in [-0.25, -0.2) is 4.79 Å². The Hall–Kier alpha value is -0.520. The lowest BCUT2D eigenvalue weighted by Gasteiger charge is -2.09. The standard InChI is InChI=1S/C10H14INO2/c1-7(2)5-12-6-8(11)4-9(12)10(13)14-3/h4,6-7H,5H2,1-3H3. The van der Waals surface area contributed by atoms with Gasteiger partial charge in [0.05, 0.1) is 7.11 Å². The third kappa shape index (κ3) is 2.73. The quantitative estimate of drug-likeness (QED) is 0.635. The van der Waals surface area contributed by atoms with Crippen molar-refractivity contribution in [3.05, 3.63) is 21.5 Å². The highest BCUT2D eigenvalue weighted by Gasteiger charge is 2.13. The van der Waals surface area contributed by atoms with Crippen LogP contribution in [0.5, 0.6) is 0 Å². The molecule has 0 aliphatic heterocycles. The summed E-state index contributed by atoms with van der Waals surface area (Å²) >= 11 is 2.19. The number of carbonyl (C=O) groups excluding carboxylic acids is 1. The molecule has 0 saturated carbocycles. The predicted octanol–water partition coefficient (Wildman–Crippen LogP) is 2.54. The Morgan fingerprint density at radius 3 is 2.79 bits per heavy atom. The summed E-state index contributed by atoms with van der Waals surface area (Å²) in [5.74, 6) is 0.246. The number of carbonyl (C=O) groups is 1. The first-order valence-electron chi connectivity index (χ1n) is 4.48. The minimum absolute atomic E-state index is 0.270. The molecule has 1 aromatic heterocycles. The van der Waals surface area contributed by atoms with Gasteiger partial charge in [-0.3, -0.25) is 0 Å². The topological polar surface area (TPSA) is 31.2 Å². The van der Waals surface area contributed by atoms with Crippen LogP contribution in [0, 0.1) is 9.49 Å². The maximum atomic E-state index is 11.4. The molecule has 4 heteroatoms. The molecular weight excluding hydrogens is 293 g/mol. The molecule has 0 amide bonds. The van der Waals surface area contributed by atoms with Crippen molar-refractivity contribution in [2.45, 2.75) is 20.4 Å². The molecule has 1 aromatic rings. The fourth-order valence-corrected chi connectivity index (χ4v) is 1.93. The van der Waals surface area contributed by atoms with Gasteiger partial charge in [-0.15, -0.1) is 0 Å². The van der Waals surface area contributed by atoms with E-state index < -0.39 is 0 Å². The zero-order chi connectivity index (χ0) is 10.7. The summed E-state index contributed by atoms with van der Waals surface area (Å²) in [6, 6.07) is 1.84. The maximum absolute atomic E-state index is 11.4. The van der Waals surface area contributed by atoms with Crippen LogP contribution >= 0.6 is 22.6 Å². The van der Waals surface area contributed by atoms with E-state index in [0.717, 1.165) is 10.1 Å². The van der Waals surface area contributed by atoms with Gasteiger partial charge >= 0.3 is 5.97 Å². The summed E-state index contributed by atoms with van der Waals surface area (Å²) in [7, 11) is 1.40. The Bertz CT molecular complexity index is 331. The molecule has 0 fully saturated rings. The van der Waals surface area contributed by atoms with Gasteiger partial charge in [0.15, 0.2) is 0 Å². The highest BCUT2D eigenvalue weighted by Crippen LogP contribution is 2.14. The third-order valence-corrected chi connectivity index (χ3v) is 2.41. The summed E-state index contributed by atoms with van der Waals surface area (Å²) in [6.07, 6.45) is 1.97. The number of ether oxygens (including phenoxy) is 1. The van der Waals surface area contributed by atoms with Gasteiger partial charge in [0.25, 0.3) is 0 Å². The van der Waals surface area contributed by atoms with Gasteiger partial charge in [0.2, 0.25) is 0 Å². The molecule has 0 radical (unpaired) electrons. The van der Waals surface area contributed by atoms with Crippen molar-refractivity contribution in [3.63, 3.8) is 0 Å². The van der Waals surface area contributed by atoms with E-state index in [1.165, 1.54) is 7.11 Å². The average Bonchev–Trinajstić information content (AvgIpc) is 2.44. The van der Waals surface area contributed by atoms with Crippen molar-refractivity contribution < 1.29 is 9.53 Å². The first kappa shape index (κ1) is 11.6. The fourth-order valence-electron chi connectivity index (χ4n) is 1.29. The molecule has 14 heavy (non-hydrogen) atoms. The molecule has 3 nitrogen and oxygen atoms in total. The Kier molecular flexibility index (Phi) is 3.97. The highest BCUT2D eigenvalue weighted by atomic mass is 127. The van der Waals surface area contributed by atoms with Crippen molar-refractivity contribution in [2.24, 2.45) is 5.92 Å². The Labute approximate surface area is 97.6 Å². The van der Waals surface area contributed by atoms with Gasteiger partial charge in [-0.05, 0) is 34.6 Å². The number of esters is 1. The van der Waals surface area contributed by atoms with E-state index in [1.807, 2.05) is 16.8 Å². The van der Waals surface area contributed by atoms with Crippen LogP contribution in [-0.2, 0) is 11.3 Å². The molecule has 0 atom stereocenters. The van der Waals surface area contributed by atoms with Crippen molar-refractivity contribution in [2.75, 3.05) is 7.11 Å². The van der Waals surface area contributed by atoms with E-state index in [4.69, 9.17) is 4.74 Å². The summed E-state index contributed by atoms with van der Waals surface area (Å²) in [6.45, 7) is 5.08. The molecule has 0 aliphatic rings. The Morgan fingerprint density at radius 1 is 1.64 bits per heavy atom. The van der Waals surface area contributed by atoms with Gasteiger partial charge in [0.1, 0.15) is 5.69 Å². The average molecular weight is 307 g/mol. The van der Waals surface area contributed by atoms with E-state index >= 15 is 0 Å². The summed E-state index contributed by atoms with van der Waals surface area (Å²) < 4.78 is 7.71. The van der Waals surface area contributed by atoms with Gasteiger partial charge < -0.3 is 9.30 Å². The molecule has 1 rings (SSSR count). The largest absolute Gasteiger partial charge is 0.464 e. The van der Waals surface area contributed by atoms with Crippen LogP contribution in [0.4, 0.5) is 0 Å². The molecule has 0 saturated heterocycles. The second-order valence-electron chi connectivity index (χ2n) is 3.58. The maximum Gasteiger partial charge on any atom is 0.354 e. The number of hydrogen-bond donors (Lipinski definition) is 0. The zero-order valence-corrected chi connectivity index (χ0v) is 10.7. The molecule has 0 spiro atoms. The van der Waals surface area contributed by atoms with E-state index in [1.54, 1.807) is 0 Å². The van der Waals surface area contributed by atoms with Crippen LogP contribution in [0.15, 0.2) is 12.3 Å². The van der Waals surface area contributed by atoms with Crippen molar-refractivity contribution in [3.8, 4) is 0 Å². The summed E-state index contributed by atoms with van der Waals surface area (Å²) in [4.78, 5) is 11.4. The molecule has 0 aliphatic carbocycles. The van der Waals surface area contributed by atoms with Gasteiger partial charge in [0, 0.05) is 16.3 Å². The predicted molar refractivity (Wildman–Crippen MR) is 63.3 cm³/mol. The molecule has 0 aromatic carbocycles. The molecule has 0 bridgehead atoms. The van der Waals surface area contributed by atoms with Crippen LogP contribution < -0.4 is 0 Å². The third-order valence-electron chi connectivity index (χ3n) is 1.82. The van der Waals surface area contributed by atoms with Crippen LogP contribution in [-0.4, -0.2) is 17.6 Å². The second kappa shape index (κ2) is 4.82. The number of hydrogen-bond acceptors (Lipinski definition) is 2. The van der Waals surface area contributed by atoms with Gasteiger partial charge in [-0.2, -0.15) is 0 Å². The minimum atomic E-state index is -0.270. The monoisotopic (exact) mass is 307 g/mol. The van der Waals surface area contributed by atoms with E-state index in [0.29, 0.717) is 11.6 Å². The molecule has 0 unspecified atom stereocenters. The fraction of sp³-hybridized carbons (Fsp3) is 0.500. The zero-order valence-electron chi connectivity index (χ0n) is 8.58.